The van der Waals surface area contributed by atoms with Crippen LogP contribution in [-0.4, -0.2) is 17.3 Å². The Hall–Kier alpha value is -1.74. The molecule has 0 radical (unpaired) electrons. The lowest BCUT2D eigenvalue weighted by Gasteiger charge is -2.30. The molecule has 0 aliphatic rings. The first-order valence-electron chi connectivity index (χ1n) is 4.25. The smallest absolute Gasteiger partial charge is 0.397 e. The van der Waals surface area contributed by atoms with Crippen LogP contribution in [0.5, 0.6) is 0 Å². The number of rotatable bonds is 1. The first kappa shape index (κ1) is 14.3. The Morgan fingerprint density at radius 3 is 1.72 bits per heavy atom. The van der Waals surface area contributed by atoms with Crippen LogP contribution in [0, 0.1) is 0 Å². The lowest BCUT2D eigenvalue weighted by atomic mass is 9.97. The molecular weight excluding hydrogens is 271 g/mol. The number of aromatic nitrogens is 1. The quantitative estimate of drug-likeness (QED) is 0.775. The Bertz CT molecular complexity index is 437. The number of nitrogens with two attached hydrogens (primary N) is 2. The van der Waals surface area contributed by atoms with E-state index in [1.807, 2.05) is 0 Å². The van der Waals surface area contributed by atoms with Crippen molar-refractivity contribution in [1.29, 1.82) is 0 Å². The highest BCUT2D eigenvalue weighted by atomic mass is 19.4. The highest BCUT2D eigenvalue weighted by molar-refractivity contribution is 5.66. The van der Waals surface area contributed by atoms with Crippen molar-refractivity contribution >= 4 is 11.4 Å². The average molecular weight is 277 g/mol. The van der Waals surface area contributed by atoms with Crippen molar-refractivity contribution in [2.45, 2.75) is 18.0 Å². The third-order valence-corrected chi connectivity index (χ3v) is 2.13. The van der Waals surface area contributed by atoms with Gasteiger partial charge in [0, 0.05) is 6.20 Å². The molecule has 0 amide bonds. The van der Waals surface area contributed by atoms with E-state index in [1.165, 1.54) is 0 Å². The van der Waals surface area contributed by atoms with Crippen molar-refractivity contribution in [3.05, 3.63) is 18.0 Å². The fraction of sp³-hybridized carbons (Fsp3) is 0.375. The van der Waals surface area contributed by atoms with Crippen LogP contribution in [0.1, 0.15) is 5.69 Å². The van der Waals surface area contributed by atoms with E-state index in [9.17, 15) is 30.7 Å². The van der Waals surface area contributed by atoms with E-state index in [0.29, 0.717) is 6.20 Å². The number of hydrogen-bond donors (Lipinski definition) is 2. The molecule has 0 atom stereocenters. The number of anilines is 2. The van der Waals surface area contributed by atoms with Gasteiger partial charge in [-0.2, -0.15) is 26.3 Å². The number of nitrogen functional groups attached to an aromatic ring is 2. The topological polar surface area (TPSA) is 64.9 Å². The van der Waals surface area contributed by atoms with Gasteiger partial charge >= 0.3 is 18.0 Å². The SMILES string of the molecule is Nc1ccnc(C(F)(C(F)(F)F)C(F)(F)F)c1N. The lowest BCUT2D eigenvalue weighted by molar-refractivity contribution is -0.349. The molecule has 4 N–H and O–H groups in total. The standard InChI is InChI=1S/C8H6F7N3/c9-6(7(10,11)12,8(13,14)15)5-4(17)3(16)1-2-18-5/h1-2H,17H2,(H2,16,18). The monoisotopic (exact) mass is 277 g/mol. The predicted molar refractivity (Wildman–Crippen MR) is 48.0 cm³/mol. The summed E-state index contributed by atoms with van der Waals surface area (Å²) in [4.78, 5) is 2.72. The Morgan fingerprint density at radius 2 is 1.33 bits per heavy atom. The summed E-state index contributed by atoms with van der Waals surface area (Å²) in [6.07, 6.45) is -12.0. The van der Waals surface area contributed by atoms with Crippen molar-refractivity contribution in [2.75, 3.05) is 11.5 Å². The van der Waals surface area contributed by atoms with E-state index in [1.54, 1.807) is 0 Å². The van der Waals surface area contributed by atoms with Crippen molar-refractivity contribution < 1.29 is 30.7 Å². The summed E-state index contributed by atoms with van der Waals surface area (Å²) in [6, 6.07) is 0.853. The third kappa shape index (κ3) is 1.91. The molecule has 0 fully saturated rings. The summed E-state index contributed by atoms with van der Waals surface area (Å²) >= 11 is 0. The van der Waals surface area contributed by atoms with E-state index in [0.717, 1.165) is 6.07 Å². The largest absolute Gasteiger partial charge is 0.437 e. The number of alkyl halides is 7. The van der Waals surface area contributed by atoms with Gasteiger partial charge in [-0.05, 0) is 6.07 Å². The summed E-state index contributed by atoms with van der Waals surface area (Å²) in [6.45, 7) is 0. The second-order valence-corrected chi connectivity index (χ2v) is 3.32. The first-order chi connectivity index (χ1) is 7.93. The van der Waals surface area contributed by atoms with Crippen LogP contribution in [0.3, 0.4) is 0 Å². The summed E-state index contributed by atoms with van der Waals surface area (Å²) < 4.78 is 87.7. The maximum Gasteiger partial charge on any atom is 0.437 e. The summed E-state index contributed by atoms with van der Waals surface area (Å²) in [5.41, 5.74) is 0.465. The number of halogens is 7. The van der Waals surface area contributed by atoms with Gasteiger partial charge in [0.25, 0.3) is 0 Å². The third-order valence-electron chi connectivity index (χ3n) is 2.13. The normalized spacial score (nSPS) is 13.7. The molecule has 0 bridgehead atoms. The average Bonchev–Trinajstić information content (AvgIpc) is 2.17. The maximum absolute atomic E-state index is 13.5. The van der Waals surface area contributed by atoms with E-state index < -0.39 is 35.1 Å². The zero-order valence-corrected chi connectivity index (χ0v) is 8.40. The second-order valence-electron chi connectivity index (χ2n) is 3.32. The second kappa shape index (κ2) is 3.89. The molecule has 3 nitrogen and oxygen atoms in total. The molecule has 18 heavy (non-hydrogen) atoms. The molecule has 0 spiro atoms. The van der Waals surface area contributed by atoms with E-state index in [4.69, 9.17) is 11.5 Å². The fourth-order valence-electron chi connectivity index (χ4n) is 1.19. The molecular formula is C8H6F7N3. The number of hydrogen-bond acceptors (Lipinski definition) is 3. The van der Waals surface area contributed by atoms with Gasteiger partial charge in [0.05, 0.1) is 11.4 Å². The molecule has 10 heteroatoms. The van der Waals surface area contributed by atoms with Gasteiger partial charge < -0.3 is 11.5 Å². The predicted octanol–water partition coefficient (Wildman–Crippen LogP) is 2.54. The molecule has 0 aliphatic heterocycles. The Kier molecular flexibility index (Phi) is 3.09. The highest BCUT2D eigenvalue weighted by Gasteiger charge is 2.75. The maximum atomic E-state index is 13.5. The van der Waals surface area contributed by atoms with Crippen LogP contribution in [0.2, 0.25) is 0 Å². The van der Waals surface area contributed by atoms with Crippen LogP contribution in [-0.2, 0) is 5.67 Å². The van der Waals surface area contributed by atoms with Crippen molar-refractivity contribution in [3.8, 4) is 0 Å². The fourth-order valence-corrected chi connectivity index (χ4v) is 1.19. The number of pyridine rings is 1. The van der Waals surface area contributed by atoms with Crippen LogP contribution in [0.15, 0.2) is 12.3 Å². The van der Waals surface area contributed by atoms with Crippen molar-refractivity contribution in [2.24, 2.45) is 0 Å². The van der Waals surface area contributed by atoms with Gasteiger partial charge in [0.2, 0.25) is 0 Å². The van der Waals surface area contributed by atoms with Gasteiger partial charge in [-0.25, -0.2) is 4.39 Å². The molecule has 0 unspecified atom stereocenters. The zero-order chi connectivity index (χ0) is 14.4. The molecule has 0 saturated carbocycles. The summed E-state index contributed by atoms with van der Waals surface area (Å²) in [7, 11) is 0. The van der Waals surface area contributed by atoms with E-state index in [2.05, 4.69) is 4.98 Å². The first-order valence-corrected chi connectivity index (χ1v) is 4.25. The van der Waals surface area contributed by atoms with Crippen molar-refractivity contribution in [3.63, 3.8) is 0 Å². The lowest BCUT2D eigenvalue weighted by Crippen LogP contribution is -2.51. The molecule has 0 aliphatic carbocycles. The van der Waals surface area contributed by atoms with E-state index >= 15 is 0 Å². The van der Waals surface area contributed by atoms with Crippen molar-refractivity contribution in [1.82, 2.24) is 4.98 Å². The summed E-state index contributed by atoms with van der Waals surface area (Å²) in [5, 5.41) is 0. The van der Waals surface area contributed by atoms with E-state index in [-0.39, 0.29) is 0 Å². The minimum Gasteiger partial charge on any atom is -0.397 e. The van der Waals surface area contributed by atoms with Crippen LogP contribution in [0.25, 0.3) is 0 Å². The molecule has 1 aromatic heterocycles. The molecule has 0 saturated heterocycles. The molecule has 1 aromatic rings. The minimum absolute atomic E-state index is 0.507. The van der Waals surface area contributed by atoms with Gasteiger partial charge in [-0.3, -0.25) is 4.98 Å². The van der Waals surface area contributed by atoms with Gasteiger partial charge in [0.15, 0.2) is 0 Å². The molecule has 1 heterocycles. The van der Waals surface area contributed by atoms with Crippen LogP contribution in [0.4, 0.5) is 42.1 Å². The van der Waals surface area contributed by atoms with Crippen LogP contribution >= 0.6 is 0 Å². The minimum atomic E-state index is -6.26. The molecule has 102 valence electrons. The Labute approximate surface area is 95.6 Å². The van der Waals surface area contributed by atoms with Gasteiger partial charge in [-0.15, -0.1) is 0 Å². The van der Waals surface area contributed by atoms with Gasteiger partial charge in [0.1, 0.15) is 5.69 Å². The summed E-state index contributed by atoms with van der Waals surface area (Å²) in [5.74, 6) is 0. The van der Waals surface area contributed by atoms with Gasteiger partial charge in [-0.1, -0.05) is 0 Å². The van der Waals surface area contributed by atoms with Crippen LogP contribution < -0.4 is 11.5 Å². The highest BCUT2D eigenvalue weighted by Crippen LogP contribution is 2.54. The molecule has 0 aromatic carbocycles. The number of nitrogens with zero attached hydrogens (tertiary/aromatic N) is 1. The Balaban J connectivity index is 3.61. The zero-order valence-electron chi connectivity index (χ0n) is 8.40. The molecule has 1 rings (SSSR count). The Morgan fingerprint density at radius 1 is 0.889 bits per heavy atom.